The number of pyridine rings is 1. The van der Waals surface area contributed by atoms with E-state index in [1.165, 1.54) is 14.2 Å². The minimum Gasteiger partial charge on any atom is -0.493 e. The predicted octanol–water partition coefficient (Wildman–Crippen LogP) is 3.21. The Kier molecular flexibility index (Phi) is 4.20. The summed E-state index contributed by atoms with van der Waals surface area (Å²) in [5.41, 5.74) is 2.14. The van der Waals surface area contributed by atoms with Crippen molar-refractivity contribution in [3.05, 3.63) is 53.9 Å². The number of aromatic amines is 1. The van der Waals surface area contributed by atoms with Crippen LogP contribution in [0.4, 0.5) is 0 Å². The fraction of sp³-hybridized carbons (Fsp3) is 0.111. The van der Waals surface area contributed by atoms with Crippen LogP contribution in [0.2, 0.25) is 0 Å². The Morgan fingerprint density at radius 2 is 2.00 bits per heavy atom. The SMILES string of the molecule is COc1ccc(C(=Cc2c[nH]c3ncccc23)C(=O)O)cc1OC. The zero-order chi connectivity index (χ0) is 17.1. The molecule has 122 valence electrons. The van der Waals surface area contributed by atoms with Gasteiger partial charge >= 0.3 is 5.97 Å². The van der Waals surface area contributed by atoms with Gasteiger partial charge in [-0.2, -0.15) is 0 Å². The minimum absolute atomic E-state index is 0.153. The van der Waals surface area contributed by atoms with Crippen molar-refractivity contribution in [2.24, 2.45) is 0 Å². The van der Waals surface area contributed by atoms with E-state index in [1.54, 1.807) is 36.7 Å². The summed E-state index contributed by atoms with van der Waals surface area (Å²) < 4.78 is 10.4. The Morgan fingerprint density at radius 1 is 1.21 bits per heavy atom. The molecule has 1 aromatic carbocycles. The molecule has 2 heterocycles. The molecule has 2 aromatic heterocycles. The van der Waals surface area contributed by atoms with E-state index in [0.29, 0.717) is 22.7 Å². The molecule has 0 spiro atoms. The van der Waals surface area contributed by atoms with Gasteiger partial charge in [0.25, 0.3) is 0 Å². The normalized spacial score (nSPS) is 11.5. The molecule has 0 aliphatic rings. The molecule has 3 rings (SSSR count). The smallest absolute Gasteiger partial charge is 0.336 e. The number of carboxylic acid groups (broad SMARTS) is 1. The molecule has 6 heteroatoms. The number of nitrogens with one attached hydrogen (secondary N) is 1. The molecular weight excluding hydrogens is 308 g/mol. The Bertz CT molecular complexity index is 928. The molecule has 6 nitrogen and oxygen atoms in total. The van der Waals surface area contributed by atoms with Crippen LogP contribution in [-0.4, -0.2) is 35.3 Å². The molecule has 2 N–H and O–H groups in total. The second-order valence-corrected chi connectivity index (χ2v) is 5.08. The van der Waals surface area contributed by atoms with Gasteiger partial charge in [0.2, 0.25) is 0 Å². The molecule has 0 aliphatic heterocycles. The number of hydrogen-bond donors (Lipinski definition) is 2. The number of fused-ring (bicyclic) bond motifs is 1. The Morgan fingerprint density at radius 3 is 2.71 bits per heavy atom. The number of H-pyrrole nitrogens is 1. The van der Waals surface area contributed by atoms with Crippen molar-refractivity contribution >= 4 is 28.7 Å². The van der Waals surface area contributed by atoms with Crippen LogP contribution in [0.25, 0.3) is 22.7 Å². The molecule has 0 atom stereocenters. The van der Waals surface area contributed by atoms with Crippen LogP contribution in [-0.2, 0) is 4.79 Å². The van der Waals surface area contributed by atoms with Crippen molar-refractivity contribution < 1.29 is 19.4 Å². The summed E-state index contributed by atoms with van der Waals surface area (Å²) in [6, 6.07) is 8.71. The van der Waals surface area contributed by atoms with E-state index in [1.807, 2.05) is 12.1 Å². The lowest BCUT2D eigenvalue weighted by Gasteiger charge is -2.10. The number of methoxy groups -OCH3 is 2. The molecule has 0 aliphatic carbocycles. The van der Waals surface area contributed by atoms with E-state index in [-0.39, 0.29) is 5.57 Å². The Balaban J connectivity index is 2.12. The number of carbonyl (C=O) groups is 1. The highest BCUT2D eigenvalue weighted by molar-refractivity contribution is 6.21. The second-order valence-electron chi connectivity index (χ2n) is 5.08. The lowest BCUT2D eigenvalue weighted by molar-refractivity contribution is -0.130. The zero-order valence-electron chi connectivity index (χ0n) is 13.2. The van der Waals surface area contributed by atoms with Crippen LogP contribution in [0, 0.1) is 0 Å². The van der Waals surface area contributed by atoms with E-state index in [0.717, 1.165) is 10.9 Å². The van der Waals surface area contributed by atoms with E-state index >= 15 is 0 Å². The van der Waals surface area contributed by atoms with Crippen molar-refractivity contribution in [1.82, 2.24) is 9.97 Å². The van der Waals surface area contributed by atoms with E-state index in [4.69, 9.17) is 9.47 Å². The Labute approximate surface area is 138 Å². The van der Waals surface area contributed by atoms with Crippen LogP contribution in [0.5, 0.6) is 11.5 Å². The largest absolute Gasteiger partial charge is 0.493 e. The maximum atomic E-state index is 11.8. The highest BCUT2D eigenvalue weighted by Crippen LogP contribution is 2.31. The monoisotopic (exact) mass is 324 g/mol. The number of aromatic nitrogens is 2. The quantitative estimate of drug-likeness (QED) is 0.704. The topological polar surface area (TPSA) is 84.4 Å². The van der Waals surface area contributed by atoms with Gasteiger partial charge in [-0.1, -0.05) is 6.07 Å². The van der Waals surface area contributed by atoms with Crippen LogP contribution in [0.15, 0.2) is 42.7 Å². The molecular formula is C18H16N2O4. The summed E-state index contributed by atoms with van der Waals surface area (Å²) in [4.78, 5) is 19.0. The maximum Gasteiger partial charge on any atom is 0.336 e. The van der Waals surface area contributed by atoms with E-state index < -0.39 is 5.97 Å². The van der Waals surface area contributed by atoms with Crippen molar-refractivity contribution in [2.75, 3.05) is 14.2 Å². The number of rotatable bonds is 5. The van der Waals surface area contributed by atoms with Gasteiger partial charge in [-0.15, -0.1) is 0 Å². The third-order valence-corrected chi connectivity index (χ3v) is 3.71. The molecule has 3 aromatic rings. The summed E-state index contributed by atoms with van der Waals surface area (Å²) >= 11 is 0. The third-order valence-electron chi connectivity index (χ3n) is 3.71. The number of hydrogen-bond acceptors (Lipinski definition) is 4. The number of ether oxygens (including phenoxy) is 2. The molecule has 0 saturated heterocycles. The minimum atomic E-state index is -1.03. The fourth-order valence-corrected chi connectivity index (χ4v) is 2.52. The van der Waals surface area contributed by atoms with E-state index in [9.17, 15) is 9.90 Å². The van der Waals surface area contributed by atoms with Crippen molar-refractivity contribution in [3.63, 3.8) is 0 Å². The number of aliphatic carboxylic acids is 1. The zero-order valence-corrected chi connectivity index (χ0v) is 13.2. The molecule has 0 fully saturated rings. The Hall–Kier alpha value is -3.28. The average Bonchev–Trinajstić information content (AvgIpc) is 3.02. The average molecular weight is 324 g/mol. The lowest BCUT2D eigenvalue weighted by Crippen LogP contribution is -2.00. The van der Waals surface area contributed by atoms with Gasteiger partial charge in [-0.25, -0.2) is 9.78 Å². The summed E-state index contributed by atoms with van der Waals surface area (Å²) in [6.07, 6.45) is 5.03. The van der Waals surface area contributed by atoms with Gasteiger partial charge in [-0.3, -0.25) is 0 Å². The third kappa shape index (κ3) is 2.81. The van der Waals surface area contributed by atoms with Crippen molar-refractivity contribution in [1.29, 1.82) is 0 Å². The molecule has 0 amide bonds. The number of nitrogens with zero attached hydrogens (tertiary/aromatic N) is 1. The van der Waals surface area contributed by atoms with Gasteiger partial charge in [0.15, 0.2) is 11.5 Å². The van der Waals surface area contributed by atoms with E-state index in [2.05, 4.69) is 9.97 Å². The van der Waals surface area contributed by atoms with Crippen LogP contribution in [0.3, 0.4) is 0 Å². The summed E-state index contributed by atoms with van der Waals surface area (Å²) in [6.45, 7) is 0. The van der Waals surface area contributed by atoms with Crippen molar-refractivity contribution in [2.45, 2.75) is 0 Å². The number of benzene rings is 1. The first-order valence-corrected chi connectivity index (χ1v) is 7.23. The summed E-state index contributed by atoms with van der Waals surface area (Å²) in [5.74, 6) is -0.00881. The van der Waals surface area contributed by atoms with Crippen LogP contribution in [0.1, 0.15) is 11.1 Å². The van der Waals surface area contributed by atoms with Gasteiger partial charge in [0.05, 0.1) is 19.8 Å². The fourth-order valence-electron chi connectivity index (χ4n) is 2.52. The van der Waals surface area contributed by atoms with Gasteiger partial charge in [-0.05, 0) is 35.9 Å². The van der Waals surface area contributed by atoms with Crippen molar-refractivity contribution in [3.8, 4) is 11.5 Å². The summed E-state index contributed by atoms with van der Waals surface area (Å²) in [7, 11) is 3.04. The first kappa shape index (κ1) is 15.6. The first-order chi connectivity index (χ1) is 11.6. The van der Waals surface area contributed by atoms with Gasteiger partial charge < -0.3 is 19.6 Å². The molecule has 0 unspecified atom stereocenters. The second kappa shape index (κ2) is 6.45. The standard InChI is InChI=1S/C18H16N2O4/c1-23-15-6-5-11(9-16(15)24-2)14(18(21)22)8-12-10-20-17-13(12)4-3-7-19-17/h3-10H,1-2H3,(H,19,20)(H,21,22). The molecule has 24 heavy (non-hydrogen) atoms. The highest BCUT2D eigenvalue weighted by Gasteiger charge is 2.15. The van der Waals surface area contributed by atoms with Gasteiger partial charge in [0.1, 0.15) is 5.65 Å². The molecule has 0 bridgehead atoms. The number of carboxylic acids is 1. The summed E-state index contributed by atoms with van der Waals surface area (Å²) in [5, 5.41) is 10.5. The molecule has 0 radical (unpaired) electrons. The first-order valence-electron chi connectivity index (χ1n) is 7.23. The van der Waals surface area contributed by atoms with Crippen LogP contribution < -0.4 is 9.47 Å². The lowest BCUT2D eigenvalue weighted by atomic mass is 10.0. The molecule has 0 saturated carbocycles. The van der Waals surface area contributed by atoms with Crippen LogP contribution >= 0.6 is 0 Å². The maximum absolute atomic E-state index is 11.8. The predicted molar refractivity (Wildman–Crippen MR) is 91.1 cm³/mol. The highest BCUT2D eigenvalue weighted by atomic mass is 16.5. The van der Waals surface area contributed by atoms with Gasteiger partial charge in [0, 0.05) is 23.3 Å².